The second-order valence-electron chi connectivity index (χ2n) is 7.82. The Morgan fingerprint density at radius 3 is 2.89 bits per heavy atom. The average molecular weight is 388 g/mol. The predicted molar refractivity (Wildman–Crippen MR) is 113 cm³/mol. The standard InChI is InChI=1S/C20H28N4O2.C2H6/c1-12(2)24(23-6-7-25)20(26)14-8-16-15-4-3-5-17-19(15)13(10-21-17)9-18(16)22-11-14;1-2/h3-5,8,12-14,18,21-23,25H,6-7,9-11H2,1-2H3;1-2H3/p+1/t13?,14-,18-;/m1./s1. The number of nitrogens with two attached hydrogens (primary N) is 1. The molecule has 3 atom stereocenters. The van der Waals surface area contributed by atoms with Crippen LogP contribution >= 0.6 is 0 Å². The van der Waals surface area contributed by atoms with Gasteiger partial charge >= 0.3 is 0 Å². The zero-order valence-corrected chi connectivity index (χ0v) is 17.5. The lowest BCUT2D eigenvalue weighted by atomic mass is 9.75. The number of hydrogen-bond donors (Lipinski definition) is 4. The molecule has 1 aromatic carbocycles. The monoisotopic (exact) mass is 387 g/mol. The first-order chi connectivity index (χ1) is 13.6. The van der Waals surface area contributed by atoms with E-state index in [2.05, 4.69) is 40.3 Å². The van der Waals surface area contributed by atoms with Crippen LogP contribution < -0.4 is 16.1 Å². The van der Waals surface area contributed by atoms with Crippen LogP contribution in [0.5, 0.6) is 0 Å². The number of anilines is 1. The lowest BCUT2D eigenvalue weighted by molar-refractivity contribution is -0.682. The van der Waals surface area contributed by atoms with Crippen molar-refractivity contribution in [1.82, 2.24) is 10.4 Å². The van der Waals surface area contributed by atoms with Crippen molar-refractivity contribution in [2.75, 3.05) is 31.6 Å². The molecule has 6 heteroatoms. The van der Waals surface area contributed by atoms with Gasteiger partial charge in [-0.15, -0.1) is 0 Å². The largest absolute Gasteiger partial charge is 0.395 e. The van der Waals surface area contributed by atoms with Crippen LogP contribution in [0.4, 0.5) is 5.69 Å². The van der Waals surface area contributed by atoms with E-state index in [1.165, 1.54) is 22.4 Å². The third kappa shape index (κ3) is 3.81. The van der Waals surface area contributed by atoms with Gasteiger partial charge in [0.25, 0.3) is 0 Å². The normalized spacial score (nSPS) is 24.4. The van der Waals surface area contributed by atoms with Gasteiger partial charge in [0.2, 0.25) is 5.91 Å². The van der Waals surface area contributed by atoms with Crippen molar-refractivity contribution in [3.05, 3.63) is 35.4 Å². The average Bonchev–Trinajstić information content (AvgIpc) is 3.13. The van der Waals surface area contributed by atoms with Crippen LogP contribution in [0.2, 0.25) is 0 Å². The third-order valence-corrected chi connectivity index (χ3v) is 5.82. The molecule has 0 spiro atoms. The first kappa shape index (κ1) is 20.8. The fourth-order valence-corrected chi connectivity index (χ4v) is 4.65. The zero-order valence-electron chi connectivity index (χ0n) is 17.5. The Bertz CT molecular complexity index is 731. The maximum atomic E-state index is 13.1. The first-order valence-electron chi connectivity index (χ1n) is 10.7. The molecule has 0 bridgehead atoms. The van der Waals surface area contributed by atoms with Gasteiger partial charge in [-0.05, 0) is 31.0 Å². The molecule has 2 heterocycles. The smallest absolute Gasteiger partial charge is 0.249 e. The molecular formula is C22H35N4O2+. The van der Waals surface area contributed by atoms with E-state index in [0.717, 1.165) is 19.5 Å². The maximum Gasteiger partial charge on any atom is 0.249 e. The zero-order chi connectivity index (χ0) is 20.3. The molecule has 0 saturated heterocycles. The lowest BCUT2D eigenvalue weighted by Gasteiger charge is -2.36. The number of hydrazine groups is 1. The Morgan fingerprint density at radius 2 is 2.18 bits per heavy atom. The highest BCUT2D eigenvalue weighted by Gasteiger charge is 2.41. The van der Waals surface area contributed by atoms with Crippen molar-refractivity contribution in [3.63, 3.8) is 0 Å². The van der Waals surface area contributed by atoms with Crippen LogP contribution in [0, 0.1) is 5.92 Å². The molecule has 0 aromatic heterocycles. The van der Waals surface area contributed by atoms with Gasteiger partial charge in [-0.3, -0.25) is 9.80 Å². The van der Waals surface area contributed by atoms with E-state index in [1.807, 2.05) is 27.7 Å². The second kappa shape index (κ2) is 9.07. The lowest BCUT2D eigenvalue weighted by Crippen LogP contribution is -2.93. The number of rotatable bonds is 5. The second-order valence-corrected chi connectivity index (χ2v) is 7.82. The number of hydrogen-bond acceptors (Lipinski definition) is 4. The summed E-state index contributed by atoms with van der Waals surface area (Å²) in [5, 5.41) is 16.6. The molecule has 154 valence electrons. The van der Waals surface area contributed by atoms with E-state index in [1.54, 1.807) is 5.01 Å². The Morgan fingerprint density at radius 1 is 1.39 bits per heavy atom. The number of amides is 1. The highest BCUT2D eigenvalue weighted by Crippen LogP contribution is 2.45. The van der Waals surface area contributed by atoms with Crippen molar-refractivity contribution >= 4 is 17.2 Å². The summed E-state index contributed by atoms with van der Waals surface area (Å²) in [6.07, 6.45) is 3.34. The molecule has 0 saturated carbocycles. The molecule has 4 rings (SSSR count). The summed E-state index contributed by atoms with van der Waals surface area (Å²) in [5.41, 5.74) is 8.40. The Hall–Kier alpha value is -1.89. The minimum Gasteiger partial charge on any atom is -0.395 e. The molecule has 0 radical (unpaired) electrons. The summed E-state index contributed by atoms with van der Waals surface area (Å²) >= 11 is 0. The molecule has 5 N–H and O–H groups in total. The molecule has 28 heavy (non-hydrogen) atoms. The minimum atomic E-state index is -0.142. The van der Waals surface area contributed by atoms with Gasteiger partial charge in [0, 0.05) is 42.7 Å². The van der Waals surface area contributed by atoms with Crippen LogP contribution in [0.25, 0.3) is 5.57 Å². The molecule has 1 aromatic rings. The fourth-order valence-electron chi connectivity index (χ4n) is 4.65. The van der Waals surface area contributed by atoms with Crippen molar-refractivity contribution in [2.24, 2.45) is 5.92 Å². The van der Waals surface area contributed by atoms with Crippen LogP contribution in [0.1, 0.15) is 51.2 Å². The van der Waals surface area contributed by atoms with Crippen molar-refractivity contribution < 1.29 is 15.2 Å². The van der Waals surface area contributed by atoms with Gasteiger partial charge in [-0.1, -0.05) is 32.1 Å². The summed E-state index contributed by atoms with van der Waals surface area (Å²) in [4.78, 5) is 13.1. The molecular weight excluding hydrogens is 352 g/mol. The number of quaternary nitrogens is 1. The molecule has 6 nitrogen and oxygen atoms in total. The van der Waals surface area contributed by atoms with E-state index in [4.69, 9.17) is 5.11 Å². The first-order valence-corrected chi connectivity index (χ1v) is 10.7. The number of fused-ring (bicyclic) bond motifs is 2. The number of nitrogens with zero attached hydrogens (tertiary/aromatic N) is 1. The highest BCUT2D eigenvalue weighted by molar-refractivity contribution is 5.86. The summed E-state index contributed by atoms with van der Waals surface area (Å²) in [5.74, 6) is 0.533. The van der Waals surface area contributed by atoms with Crippen molar-refractivity contribution in [2.45, 2.75) is 52.1 Å². The molecule has 1 amide bonds. The number of carbonyl (C=O) groups excluding carboxylic acids is 1. The molecule has 0 fully saturated rings. The molecule has 2 aliphatic heterocycles. The predicted octanol–water partition coefficient (Wildman–Crippen LogP) is 1.30. The van der Waals surface area contributed by atoms with Crippen molar-refractivity contribution in [1.29, 1.82) is 0 Å². The summed E-state index contributed by atoms with van der Waals surface area (Å²) in [7, 11) is 0. The number of aliphatic hydroxyl groups excluding tert-OH is 1. The van der Waals surface area contributed by atoms with E-state index in [-0.39, 0.29) is 24.5 Å². The number of benzene rings is 1. The van der Waals surface area contributed by atoms with Crippen LogP contribution in [0.3, 0.4) is 0 Å². The Balaban J connectivity index is 0.00000109. The van der Waals surface area contributed by atoms with Crippen molar-refractivity contribution in [3.8, 4) is 0 Å². The fraction of sp³-hybridized carbons (Fsp3) is 0.591. The summed E-state index contributed by atoms with van der Waals surface area (Å²) in [6, 6.07) is 6.98. The minimum absolute atomic E-state index is 0.0149. The molecule has 1 aliphatic carbocycles. The van der Waals surface area contributed by atoms with Crippen LogP contribution in [0.15, 0.2) is 24.3 Å². The van der Waals surface area contributed by atoms with E-state index >= 15 is 0 Å². The highest BCUT2D eigenvalue weighted by atomic mass is 16.3. The summed E-state index contributed by atoms with van der Waals surface area (Å²) < 4.78 is 0. The Kier molecular flexibility index (Phi) is 6.75. The van der Waals surface area contributed by atoms with Crippen LogP contribution in [-0.2, 0) is 4.79 Å². The van der Waals surface area contributed by atoms with E-state index in [9.17, 15) is 4.79 Å². The topological polar surface area (TPSA) is 81.2 Å². The van der Waals surface area contributed by atoms with Gasteiger partial charge in [0.05, 0.1) is 13.2 Å². The third-order valence-electron chi connectivity index (χ3n) is 5.82. The number of aliphatic hydroxyl groups is 1. The number of nitrogens with one attached hydrogen (secondary N) is 2. The van der Waals surface area contributed by atoms with E-state index < -0.39 is 0 Å². The van der Waals surface area contributed by atoms with Gasteiger partial charge in [0.15, 0.2) is 0 Å². The van der Waals surface area contributed by atoms with Gasteiger partial charge in [-0.2, -0.15) is 0 Å². The van der Waals surface area contributed by atoms with Gasteiger partial charge in [-0.25, -0.2) is 5.43 Å². The SMILES string of the molecule is CC.CC(C)N(NCCO)C(=O)[C@@H]1C=C2c3cccc4c3C(CN4)C[C@H]2[NH2+]C1. The molecule has 3 aliphatic rings. The van der Waals surface area contributed by atoms with Gasteiger partial charge in [0.1, 0.15) is 12.0 Å². The number of carbonyl (C=O) groups is 1. The quantitative estimate of drug-likeness (QED) is 0.574. The van der Waals surface area contributed by atoms with Crippen LogP contribution in [-0.4, -0.2) is 54.3 Å². The Labute approximate surface area is 168 Å². The molecule has 1 unspecified atom stereocenters. The van der Waals surface area contributed by atoms with E-state index in [0.29, 0.717) is 18.5 Å². The maximum absolute atomic E-state index is 13.1. The van der Waals surface area contributed by atoms with Gasteiger partial charge < -0.3 is 15.7 Å². The summed E-state index contributed by atoms with van der Waals surface area (Å²) in [6.45, 7) is 10.2.